The molecule has 0 aromatic carbocycles. The van der Waals surface area contributed by atoms with E-state index in [1.165, 1.54) is 0 Å². The van der Waals surface area contributed by atoms with Crippen LogP contribution in [0.2, 0.25) is 0 Å². The molecule has 0 aliphatic carbocycles. The van der Waals surface area contributed by atoms with E-state index >= 15 is 0 Å². The molecule has 0 fully saturated rings. The van der Waals surface area contributed by atoms with Crippen LogP contribution in [0.15, 0.2) is 0 Å². The Labute approximate surface area is 93.8 Å². The Morgan fingerprint density at radius 3 is 1.94 bits per heavy atom. The number of hydrogen-bond donors (Lipinski definition) is 1. The van der Waals surface area contributed by atoms with Crippen LogP contribution in [0.1, 0.15) is 45.4 Å². The minimum atomic E-state index is -1.87. The molecule has 0 aromatic heterocycles. The monoisotopic (exact) mass is 228 g/mol. The Bertz CT molecular complexity index is 293. The second-order valence-electron chi connectivity index (χ2n) is 3.55. The average molecular weight is 228 g/mol. The minimum Gasteiger partial charge on any atom is -0.475 e. The van der Waals surface area contributed by atoms with E-state index in [4.69, 9.17) is 5.11 Å². The van der Waals surface area contributed by atoms with Crippen molar-refractivity contribution in [3.8, 4) is 0 Å². The highest BCUT2D eigenvalue weighted by Crippen LogP contribution is 2.05. The van der Waals surface area contributed by atoms with Crippen molar-refractivity contribution in [2.45, 2.75) is 45.4 Å². The number of carboxylic acids is 1. The molecule has 0 bridgehead atoms. The summed E-state index contributed by atoms with van der Waals surface area (Å²) in [7, 11) is 0. The van der Waals surface area contributed by atoms with Crippen molar-refractivity contribution >= 4 is 23.3 Å². The van der Waals surface area contributed by atoms with Gasteiger partial charge in [-0.15, -0.1) is 0 Å². The third kappa shape index (κ3) is 5.38. The first-order valence-electron chi connectivity index (χ1n) is 5.35. The highest BCUT2D eigenvalue weighted by Gasteiger charge is 2.27. The second-order valence-corrected chi connectivity index (χ2v) is 3.55. The van der Waals surface area contributed by atoms with Gasteiger partial charge in [-0.05, 0) is 6.42 Å². The molecular weight excluding hydrogens is 212 g/mol. The van der Waals surface area contributed by atoms with E-state index in [1.807, 2.05) is 0 Å². The van der Waals surface area contributed by atoms with Crippen LogP contribution in [0.25, 0.3) is 0 Å². The molecule has 0 saturated heterocycles. The van der Waals surface area contributed by atoms with Crippen molar-refractivity contribution in [3.05, 3.63) is 0 Å². The van der Waals surface area contributed by atoms with Crippen LogP contribution >= 0.6 is 0 Å². The number of carbonyl (C=O) groups is 4. The number of carboxylic acid groups (broad SMARTS) is 1. The second kappa shape index (κ2) is 7.73. The van der Waals surface area contributed by atoms with Gasteiger partial charge in [-0.2, -0.15) is 0 Å². The number of ketones is 3. The van der Waals surface area contributed by atoms with Crippen LogP contribution in [0.3, 0.4) is 0 Å². The van der Waals surface area contributed by atoms with Crippen LogP contribution in [0, 0.1) is 0 Å². The molecule has 1 N–H and O–H groups in total. The Balaban J connectivity index is 3.85. The Morgan fingerprint density at radius 2 is 1.44 bits per heavy atom. The number of aliphatic carboxylic acids is 1. The van der Waals surface area contributed by atoms with Crippen LogP contribution in [-0.4, -0.2) is 28.4 Å². The first kappa shape index (κ1) is 14.5. The van der Waals surface area contributed by atoms with Gasteiger partial charge in [-0.25, -0.2) is 4.79 Å². The molecule has 0 aromatic rings. The van der Waals surface area contributed by atoms with E-state index in [1.54, 1.807) is 0 Å². The predicted octanol–water partition coefficient (Wildman–Crippen LogP) is 1.14. The van der Waals surface area contributed by atoms with Gasteiger partial charge < -0.3 is 5.11 Å². The zero-order chi connectivity index (χ0) is 12.6. The van der Waals surface area contributed by atoms with Crippen molar-refractivity contribution < 1.29 is 24.3 Å². The zero-order valence-corrected chi connectivity index (χ0v) is 9.32. The van der Waals surface area contributed by atoms with Crippen LogP contribution in [-0.2, 0) is 19.2 Å². The highest BCUT2D eigenvalue weighted by molar-refractivity contribution is 6.76. The topological polar surface area (TPSA) is 88.5 Å². The fraction of sp³-hybridized carbons (Fsp3) is 0.636. The Morgan fingerprint density at radius 1 is 0.875 bits per heavy atom. The van der Waals surface area contributed by atoms with Gasteiger partial charge in [0.1, 0.15) is 0 Å². The molecule has 16 heavy (non-hydrogen) atoms. The van der Waals surface area contributed by atoms with Crippen molar-refractivity contribution in [2.75, 3.05) is 0 Å². The summed E-state index contributed by atoms with van der Waals surface area (Å²) in [6.07, 6.45) is 4.42. The summed E-state index contributed by atoms with van der Waals surface area (Å²) in [5.74, 6) is -5.82. The maximum atomic E-state index is 11.1. The molecule has 0 saturated carbocycles. The molecule has 0 radical (unpaired) electrons. The number of Topliss-reactive ketones (excluding diaryl/α,β-unsaturated/α-hetero) is 3. The lowest BCUT2D eigenvalue weighted by molar-refractivity contribution is -0.155. The van der Waals surface area contributed by atoms with Gasteiger partial charge in [0.15, 0.2) is 0 Å². The number of carbonyl (C=O) groups excluding carboxylic acids is 3. The number of unbranched alkanes of at least 4 members (excludes halogenated alkanes) is 4. The van der Waals surface area contributed by atoms with E-state index in [0.717, 1.165) is 25.7 Å². The quantitative estimate of drug-likeness (QED) is 0.363. The number of hydrogen-bond acceptors (Lipinski definition) is 4. The molecule has 90 valence electrons. The van der Waals surface area contributed by atoms with E-state index in [9.17, 15) is 19.2 Å². The maximum Gasteiger partial charge on any atom is 0.380 e. The Hall–Kier alpha value is -1.52. The molecule has 0 aliphatic heterocycles. The molecule has 0 atom stereocenters. The summed E-state index contributed by atoms with van der Waals surface area (Å²) in [6.45, 7) is 2.06. The van der Waals surface area contributed by atoms with Gasteiger partial charge in [0, 0.05) is 6.42 Å². The lowest BCUT2D eigenvalue weighted by Crippen LogP contribution is -2.29. The summed E-state index contributed by atoms with van der Waals surface area (Å²) in [6, 6.07) is 0. The number of rotatable bonds is 9. The SMILES string of the molecule is CCCCCCCC(=O)C(=O)C(=O)C(=O)O. The normalized spacial score (nSPS) is 9.81. The predicted molar refractivity (Wildman–Crippen MR) is 56.0 cm³/mol. The first-order chi connectivity index (χ1) is 7.50. The molecule has 0 heterocycles. The average Bonchev–Trinajstić information content (AvgIpc) is 2.26. The van der Waals surface area contributed by atoms with Crippen molar-refractivity contribution in [2.24, 2.45) is 0 Å². The van der Waals surface area contributed by atoms with Crippen LogP contribution in [0.4, 0.5) is 0 Å². The summed E-state index contributed by atoms with van der Waals surface area (Å²) in [4.78, 5) is 42.8. The van der Waals surface area contributed by atoms with Gasteiger partial charge in [-0.3, -0.25) is 14.4 Å². The Kier molecular flexibility index (Phi) is 7.00. The fourth-order valence-electron chi connectivity index (χ4n) is 1.23. The van der Waals surface area contributed by atoms with E-state index < -0.39 is 23.3 Å². The molecular formula is C11H16O5. The maximum absolute atomic E-state index is 11.1. The third-order valence-corrected chi connectivity index (χ3v) is 2.16. The van der Waals surface area contributed by atoms with Gasteiger partial charge in [-0.1, -0.05) is 32.6 Å². The minimum absolute atomic E-state index is 0.0401. The summed E-state index contributed by atoms with van der Waals surface area (Å²) in [5.41, 5.74) is 0. The summed E-state index contributed by atoms with van der Waals surface area (Å²) in [5, 5.41) is 8.22. The third-order valence-electron chi connectivity index (χ3n) is 2.16. The van der Waals surface area contributed by atoms with Crippen molar-refractivity contribution in [1.29, 1.82) is 0 Å². The highest BCUT2D eigenvalue weighted by atomic mass is 16.4. The molecule has 5 nitrogen and oxygen atoms in total. The van der Waals surface area contributed by atoms with Gasteiger partial charge in [0.05, 0.1) is 0 Å². The molecule has 0 rings (SSSR count). The van der Waals surface area contributed by atoms with E-state index in [2.05, 4.69) is 6.92 Å². The van der Waals surface area contributed by atoms with E-state index in [-0.39, 0.29) is 6.42 Å². The molecule has 0 amide bonds. The summed E-state index contributed by atoms with van der Waals surface area (Å²) < 4.78 is 0. The zero-order valence-electron chi connectivity index (χ0n) is 9.32. The standard InChI is InChI=1S/C11H16O5/c1-2-3-4-5-6-7-8(12)9(13)10(14)11(15)16/h2-7H2,1H3,(H,15,16). The smallest absolute Gasteiger partial charge is 0.380 e. The first-order valence-corrected chi connectivity index (χ1v) is 5.35. The van der Waals surface area contributed by atoms with Crippen molar-refractivity contribution in [3.63, 3.8) is 0 Å². The molecule has 0 spiro atoms. The lowest BCUT2D eigenvalue weighted by atomic mass is 10.0. The fourth-order valence-corrected chi connectivity index (χ4v) is 1.23. The molecule has 0 unspecified atom stereocenters. The van der Waals surface area contributed by atoms with Crippen LogP contribution < -0.4 is 0 Å². The van der Waals surface area contributed by atoms with Crippen LogP contribution in [0.5, 0.6) is 0 Å². The van der Waals surface area contributed by atoms with E-state index in [0.29, 0.717) is 6.42 Å². The molecule has 0 aliphatic rings. The lowest BCUT2D eigenvalue weighted by Gasteiger charge is -1.98. The van der Waals surface area contributed by atoms with Crippen molar-refractivity contribution in [1.82, 2.24) is 0 Å². The molecule has 5 heteroatoms. The van der Waals surface area contributed by atoms with Gasteiger partial charge in [0.2, 0.25) is 5.78 Å². The van der Waals surface area contributed by atoms with Gasteiger partial charge >= 0.3 is 11.8 Å². The van der Waals surface area contributed by atoms with Gasteiger partial charge in [0.25, 0.3) is 5.78 Å². The largest absolute Gasteiger partial charge is 0.475 e. The summed E-state index contributed by atoms with van der Waals surface area (Å²) >= 11 is 0.